The second-order valence-corrected chi connectivity index (χ2v) is 36.7. The number of hydrogen-bond donors (Lipinski definition) is 0. The largest absolute Gasteiger partial charge is 1.00 e. The van der Waals surface area contributed by atoms with Gasteiger partial charge >= 0.3 is 0 Å². The highest BCUT2D eigenvalue weighted by Crippen LogP contribution is 2.48. The first-order chi connectivity index (χ1) is 31.3. The van der Waals surface area contributed by atoms with Crippen molar-refractivity contribution >= 4 is 196 Å². The van der Waals surface area contributed by atoms with E-state index >= 15 is 0 Å². The number of aryl methyl sites for hydroxylation is 10. The number of unbranched alkanes of at least 4 members (excludes halogenated alkanes) is 12. The van der Waals surface area contributed by atoms with Crippen LogP contribution in [0.25, 0.3) is 0 Å². The molecule has 5 aromatic rings. The van der Waals surface area contributed by atoms with Crippen LogP contribution in [0.3, 0.4) is 0 Å². The molecule has 5 aromatic heterocycles. The molecule has 5 rings (SSSR count). The van der Waals surface area contributed by atoms with Gasteiger partial charge in [-0.25, -0.2) is 9.13 Å². The molecule has 0 aliphatic heterocycles. The molecule has 3 atom stereocenters. The Morgan fingerprint density at radius 2 is 0.879 bits per heavy atom. The van der Waals surface area contributed by atoms with Gasteiger partial charge in [0.1, 0.15) is 12.4 Å². The predicted molar refractivity (Wildman–Crippen MR) is 338 cm³/mol. The fraction of sp³-hybridized carbons (Fsp3) is 0.604. The van der Waals surface area contributed by atoms with Crippen molar-refractivity contribution in [3.63, 3.8) is 0 Å². The third kappa shape index (κ3) is 35.8. The summed E-state index contributed by atoms with van der Waals surface area (Å²) in [5, 5.41) is 3.44. The Morgan fingerprint density at radius 1 is 0.530 bits per heavy atom. The number of hydrogen-bond acceptors (Lipinski definition) is 4. The molecule has 0 spiro atoms. The molecule has 0 aliphatic rings. The van der Waals surface area contributed by atoms with E-state index in [1.165, 1.54) is 174 Å². The fourth-order valence-corrected chi connectivity index (χ4v) is 15.8. The van der Waals surface area contributed by atoms with E-state index < -0.39 is 0 Å². The minimum atomic E-state index is 0. The van der Waals surface area contributed by atoms with Gasteiger partial charge in [0.15, 0.2) is 0 Å². The highest BCUT2D eigenvalue weighted by molar-refractivity contribution is 9.42. The third-order valence-electron chi connectivity index (χ3n) is 10.2. The van der Waals surface area contributed by atoms with Gasteiger partial charge in [0, 0.05) is 35.5 Å². The lowest BCUT2D eigenvalue weighted by atomic mass is 10.1. The minimum Gasteiger partial charge on any atom is -1.00 e. The van der Waals surface area contributed by atoms with Crippen molar-refractivity contribution in [1.82, 2.24) is 4.57 Å². The topological polar surface area (TPSA) is 8.81 Å². The molecule has 5 heterocycles. The second-order valence-electron chi connectivity index (χ2n) is 15.9. The second kappa shape index (κ2) is 46.0. The summed E-state index contributed by atoms with van der Waals surface area (Å²) in [4.78, 5) is 5.94. The Morgan fingerprint density at radius 3 is 1.15 bits per heavy atom. The highest BCUT2D eigenvalue weighted by atomic mass is 79.9. The van der Waals surface area contributed by atoms with Crippen LogP contribution in [0.2, 0.25) is 0 Å². The lowest BCUT2D eigenvalue weighted by Crippen LogP contribution is -3.00. The first kappa shape index (κ1) is 69.6. The van der Waals surface area contributed by atoms with Crippen LogP contribution < -0.4 is 21.5 Å². The monoisotopic (exact) mass is 1610 g/mol. The van der Waals surface area contributed by atoms with Gasteiger partial charge in [0.25, 0.3) is 0 Å². The molecule has 0 saturated carbocycles. The van der Waals surface area contributed by atoms with E-state index in [2.05, 4.69) is 223 Å². The van der Waals surface area contributed by atoms with Gasteiger partial charge in [0.05, 0.1) is 28.7 Å². The first-order valence-electron chi connectivity index (χ1n) is 22.8. The fourth-order valence-electron chi connectivity index (χ4n) is 6.84. The average Bonchev–Trinajstić information content (AvgIpc) is 4.08. The van der Waals surface area contributed by atoms with Crippen molar-refractivity contribution in [2.75, 3.05) is 16.0 Å². The molecule has 0 fully saturated rings. The zero-order chi connectivity index (χ0) is 48.2. The molecule has 0 aromatic carbocycles. The number of thiophene rings is 4. The van der Waals surface area contributed by atoms with Crippen molar-refractivity contribution in [1.29, 1.82) is 0 Å². The number of halogens is 9. The van der Waals surface area contributed by atoms with E-state index in [0.29, 0.717) is 0 Å². The molecule has 18 heteroatoms. The molecule has 3 unspecified atom stereocenters. The number of imidazole rings is 1. The Kier molecular flexibility index (Phi) is 48.5. The maximum absolute atomic E-state index is 3.58. The van der Waals surface area contributed by atoms with Gasteiger partial charge in [-0.3, -0.25) is 0 Å². The third-order valence-corrected chi connectivity index (χ3v) is 26.4. The Balaban J connectivity index is 0.000000833. The molecule has 0 bridgehead atoms. The molecule has 0 amide bonds. The molecule has 0 aliphatic carbocycles. The summed E-state index contributed by atoms with van der Waals surface area (Å²) in [5.41, 5.74) is 6.03. The SMILES string of the molecule is BrCCCCCCc1cc(Br)sc1Br.BrCCCCCCc1cc(Br)sc1Br.Cc1cc(CCCCCCBr)c(C)s1.Cc1cc(CCCCCCn2cc[n+](C)c2)c(C)s1.PPPBr.[Br-]. The van der Waals surface area contributed by atoms with Crippen LogP contribution in [0.5, 0.6) is 0 Å². The van der Waals surface area contributed by atoms with E-state index in [9.17, 15) is 0 Å². The minimum absolute atomic E-state index is 0. The molecular formula is C48H74Br9N2P3S4. The van der Waals surface area contributed by atoms with E-state index in [4.69, 9.17) is 0 Å². The number of rotatable bonds is 26. The molecule has 0 N–H and O–H groups in total. The predicted octanol–water partition coefficient (Wildman–Crippen LogP) is 19.6. The van der Waals surface area contributed by atoms with Crippen molar-refractivity contribution in [3.05, 3.63) is 99.9 Å². The summed E-state index contributed by atoms with van der Waals surface area (Å²) in [6, 6.07) is 9.16. The molecule has 2 nitrogen and oxygen atoms in total. The first-order valence-corrected chi connectivity index (χ1v) is 39.6. The summed E-state index contributed by atoms with van der Waals surface area (Å²) in [7, 11) is 5.72. The van der Waals surface area contributed by atoms with Crippen LogP contribution in [0.4, 0.5) is 0 Å². The van der Waals surface area contributed by atoms with Crippen molar-refractivity contribution < 1.29 is 21.5 Å². The Bertz CT molecular complexity index is 1760. The summed E-state index contributed by atoms with van der Waals surface area (Å²) in [6.07, 6.45) is 32.6. The van der Waals surface area contributed by atoms with Crippen LogP contribution in [0.1, 0.15) is 144 Å². The van der Waals surface area contributed by atoms with Crippen LogP contribution in [-0.2, 0) is 39.3 Å². The zero-order valence-corrected chi connectivity index (χ0v) is 60.2. The van der Waals surface area contributed by atoms with Gasteiger partial charge in [-0.2, -0.15) is 0 Å². The number of alkyl halides is 3. The molecular weight excluding hydrogens is 1540 g/mol. The normalized spacial score (nSPS) is 10.9. The Labute approximate surface area is 501 Å². The average molecular weight is 1620 g/mol. The molecule has 0 saturated heterocycles. The zero-order valence-electron chi connectivity index (χ0n) is 39.5. The Hall–Kier alpha value is 3.62. The lowest BCUT2D eigenvalue weighted by Gasteiger charge is -2.01. The van der Waals surface area contributed by atoms with Gasteiger partial charge in [-0.05, 0) is 228 Å². The lowest BCUT2D eigenvalue weighted by molar-refractivity contribution is -0.671. The van der Waals surface area contributed by atoms with Gasteiger partial charge < -0.3 is 17.0 Å². The van der Waals surface area contributed by atoms with Gasteiger partial charge in [-0.1, -0.05) is 116 Å². The van der Waals surface area contributed by atoms with E-state index in [-0.39, 0.29) is 17.0 Å². The van der Waals surface area contributed by atoms with Gasteiger partial charge in [-0.15, -0.1) is 54.3 Å². The van der Waals surface area contributed by atoms with Crippen LogP contribution in [0, 0.1) is 27.7 Å². The molecule has 378 valence electrons. The van der Waals surface area contributed by atoms with Crippen LogP contribution in [-0.4, -0.2) is 20.6 Å². The molecule has 66 heavy (non-hydrogen) atoms. The highest BCUT2D eigenvalue weighted by Gasteiger charge is 2.07. The van der Waals surface area contributed by atoms with Crippen LogP contribution in [0.15, 0.2) is 58.1 Å². The van der Waals surface area contributed by atoms with Crippen LogP contribution >= 0.6 is 196 Å². The quantitative estimate of drug-likeness (QED) is 0.0226. The summed E-state index contributed by atoms with van der Waals surface area (Å²) < 4.78 is 9.38. The number of nitrogens with zero attached hydrogens (tertiary/aromatic N) is 2. The van der Waals surface area contributed by atoms with Crippen molar-refractivity contribution in [2.24, 2.45) is 7.05 Å². The maximum Gasteiger partial charge on any atom is 0.243 e. The summed E-state index contributed by atoms with van der Waals surface area (Å²) in [5.74, 6) is 0. The van der Waals surface area contributed by atoms with Gasteiger partial charge in [0.2, 0.25) is 6.33 Å². The van der Waals surface area contributed by atoms with E-state index in [1.807, 2.05) is 22.7 Å². The smallest absolute Gasteiger partial charge is 0.243 e. The van der Waals surface area contributed by atoms with E-state index in [1.54, 1.807) is 33.8 Å². The standard InChI is InChI=1S/C16H25N2S.C12H19BrS.2C10H13Br3S.BrH4P3.BrH/c1-14-12-16(15(2)19-14)8-6-4-5-7-9-18-11-10-17(3)13-18;1-10-9-12(11(2)14-10)7-5-3-4-6-8-13;2*11-6-4-2-1-3-5-8-7-9(12)14-10(8)13;1-3-4-2;/h10-13H,4-9H2,1-3H3;9H,3-8H2,1-2H3;2*7H,1-6H2;3-4H,2H2;1H/q+1;;;;;/p-1. The maximum atomic E-state index is 3.58. The molecule has 0 radical (unpaired) electrons. The van der Waals surface area contributed by atoms with Crippen molar-refractivity contribution in [2.45, 2.75) is 163 Å². The summed E-state index contributed by atoms with van der Waals surface area (Å²) in [6.45, 7) is 11.0. The number of aromatic nitrogens is 2. The van der Waals surface area contributed by atoms with E-state index in [0.717, 1.165) is 37.5 Å². The summed E-state index contributed by atoms with van der Waals surface area (Å²) >= 11 is 35.2. The van der Waals surface area contributed by atoms with Crippen molar-refractivity contribution in [3.8, 4) is 0 Å².